The molecule has 2 heterocycles. The Morgan fingerprint density at radius 1 is 0.871 bits per heavy atom. The molecule has 31 heavy (non-hydrogen) atoms. The normalized spacial score (nSPS) is 16.7. The van der Waals surface area contributed by atoms with Crippen LogP contribution in [0.5, 0.6) is 11.5 Å². The van der Waals surface area contributed by atoms with Gasteiger partial charge in [0.25, 0.3) is 11.8 Å². The van der Waals surface area contributed by atoms with Gasteiger partial charge in [0.15, 0.2) is 11.5 Å². The van der Waals surface area contributed by atoms with Crippen molar-refractivity contribution < 1.29 is 19.1 Å². The van der Waals surface area contributed by atoms with E-state index in [4.69, 9.17) is 9.47 Å². The van der Waals surface area contributed by atoms with Gasteiger partial charge in [-0.05, 0) is 30.7 Å². The summed E-state index contributed by atoms with van der Waals surface area (Å²) < 4.78 is 11.0. The van der Waals surface area contributed by atoms with Crippen molar-refractivity contribution in [2.45, 2.75) is 19.6 Å². The van der Waals surface area contributed by atoms with Crippen molar-refractivity contribution in [3.63, 3.8) is 0 Å². The summed E-state index contributed by atoms with van der Waals surface area (Å²) in [6.07, 6.45) is -0.550. The average Bonchev–Trinajstić information content (AvgIpc) is 3.10. The molecule has 156 valence electrons. The number of benzene rings is 3. The van der Waals surface area contributed by atoms with E-state index in [0.717, 1.165) is 16.7 Å². The number of amides is 2. The van der Waals surface area contributed by atoms with E-state index in [1.54, 1.807) is 29.0 Å². The zero-order chi connectivity index (χ0) is 21.7. The number of methoxy groups -OCH3 is 2. The Morgan fingerprint density at radius 2 is 1.61 bits per heavy atom. The number of anilines is 1. The van der Waals surface area contributed by atoms with Crippen LogP contribution >= 0.6 is 0 Å². The highest BCUT2D eigenvalue weighted by Crippen LogP contribution is 2.50. The number of fused-ring (bicyclic) bond motifs is 5. The molecule has 0 N–H and O–H groups in total. The quantitative estimate of drug-likeness (QED) is 0.638. The van der Waals surface area contributed by atoms with E-state index in [0.29, 0.717) is 34.9 Å². The number of para-hydroxylation sites is 1. The van der Waals surface area contributed by atoms with Crippen molar-refractivity contribution in [1.29, 1.82) is 0 Å². The third kappa shape index (κ3) is 2.79. The Hall–Kier alpha value is -3.80. The molecule has 2 amide bonds. The van der Waals surface area contributed by atoms with E-state index < -0.39 is 6.17 Å². The van der Waals surface area contributed by atoms with Gasteiger partial charge in [0.1, 0.15) is 6.17 Å². The maximum atomic E-state index is 13.6. The van der Waals surface area contributed by atoms with Crippen molar-refractivity contribution in [1.82, 2.24) is 4.90 Å². The molecular formula is C25H22N2O4. The summed E-state index contributed by atoms with van der Waals surface area (Å²) in [5.41, 5.74) is 4.44. The van der Waals surface area contributed by atoms with E-state index in [9.17, 15) is 9.59 Å². The second kappa shape index (κ2) is 7.16. The van der Waals surface area contributed by atoms with Crippen molar-refractivity contribution >= 4 is 17.5 Å². The predicted molar refractivity (Wildman–Crippen MR) is 117 cm³/mol. The number of carbonyl (C=O) groups excluding carboxylic acids is 2. The first-order chi connectivity index (χ1) is 15.0. The lowest BCUT2D eigenvalue weighted by Gasteiger charge is -2.41. The van der Waals surface area contributed by atoms with Crippen molar-refractivity contribution in [2.24, 2.45) is 0 Å². The molecule has 0 saturated heterocycles. The molecule has 2 aliphatic heterocycles. The lowest BCUT2D eigenvalue weighted by Crippen LogP contribution is -2.47. The summed E-state index contributed by atoms with van der Waals surface area (Å²) >= 11 is 0. The van der Waals surface area contributed by atoms with Crippen LogP contribution in [0.25, 0.3) is 0 Å². The van der Waals surface area contributed by atoms with Crippen LogP contribution in [0.2, 0.25) is 0 Å². The van der Waals surface area contributed by atoms with Gasteiger partial charge in [0, 0.05) is 12.1 Å². The van der Waals surface area contributed by atoms with Gasteiger partial charge >= 0.3 is 0 Å². The fourth-order valence-electron chi connectivity index (χ4n) is 4.48. The Morgan fingerprint density at radius 3 is 2.32 bits per heavy atom. The molecule has 3 aromatic carbocycles. The summed E-state index contributed by atoms with van der Waals surface area (Å²) in [7, 11) is 3.06. The molecule has 5 rings (SSSR count). The van der Waals surface area contributed by atoms with E-state index in [1.165, 1.54) is 7.11 Å². The van der Waals surface area contributed by atoms with Gasteiger partial charge in [-0.25, -0.2) is 0 Å². The summed E-state index contributed by atoms with van der Waals surface area (Å²) in [6, 6.07) is 19.0. The number of hydrogen-bond acceptors (Lipinski definition) is 4. The van der Waals surface area contributed by atoms with Gasteiger partial charge < -0.3 is 14.4 Å². The molecule has 0 aromatic heterocycles. The summed E-state index contributed by atoms with van der Waals surface area (Å²) in [6.45, 7) is 2.41. The Bertz CT molecular complexity index is 1200. The summed E-state index contributed by atoms with van der Waals surface area (Å²) in [5.74, 6) is 0.566. The minimum Gasteiger partial charge on any atom is -0.493 e. The van der Waals surface area contributed by atoms with Gasteiger partial charge in [0.05, 0.1) is 31.0 Å². The van der Waals surface area contributed by atoms with Crippen LogP contribution in [0, 0.1) is 6.92 Å². The van der Waals surface area contributed by atoms with Crippen LogP contribution in [0.3, 0.4) is 0 Å². The number of carbonyl (C=O) groups is 2. The largest absolute Gasteiger partial charge is 0.493 e. The predicted octanol–water partition coefficient (Wildman–Crippen LogP) is 4.33. The fourth-order valence-corrected chi connectivity index (χ4v) is 4.48. The van der Waals surface area contributed by atoms with E-state index in [-0.39, 0.29) is 11.8 Å². The Kier molecular flexibility index (Phi) is 4.43. The molecule has 0 bridgehead atoms. The highest BCUT2D eigenvalue weighted by atomic mass is 16.5. The zero-order valence-corrected chi connectivity index (χ0v) is 17.6. The maximum absolute atomic E-state index is 13.6. The summed E-state index contributed by atoms with van der Waals surface area (Å²) in [4.78, 5) is 30.6. The van der Waals surface area contributed by atoms with E-state index in [2.05, 4.69) is 0 Å². The third-order valence-corrected chi connectivity index (χ3v) is 5.96. The molecule has 0 fully saturated rings. The number of hydrogen-bond donors (Lipinski definition) is 0. The first-order valence-electron chi connectivity index (χ1n) is 10.1. The van der Waals surface area contributed by atoms with Crippen LogP contribution in [0.15, 0.2) is 60.7 Å². The molecule has 0 saturated carbocycles. The molecule has 1 unspecified atom stereocenters. The van der Waals surface area contributed by atoms with Gasteiger partial charge in [-0.3, -0.25) is 14.5 Å². The third-order valence-electron chi connectivity index (χ3n) is 5.96. The topological polar surface area (TPSA) is 59.1 Å². The Balaban J connectivity index is 1.70. The lowest BCUT2D eigenvalue weighted by molar-refractivity contribution is 0.0629. The lowest BCUT2D eigenvalue weighted by atomic mass is 10.0. The number of nitrogens with zero attached hydrogens (tertiary/aromatic N) is 2. The van der Waals surface area contributed by atoms with Crippen LogP contribution < -0.4 is 14.4 Å². The molecule has 6 nitrogen and oxygen atoms in total. The molecular weight excluding hydrogens is 392 g/mol. The van der Waals surface area contributed by atoms with Crippen LogP contribution in [-0.4, -0.2) is 30.9 Å². The molecule has 2 aliphatic rings. The number of aryl methyl sites for hydroxylation is 1. The SMILES string of the molecule is COc1ccc2c(c1OC)C(=O)N1c3ccccc3C(=O)N(Cc3ccc(C)cc3)C21. The average molecular weight is 414 g/mol. The number of ether oxygens (including phenoxy) is 2. The van der Waals surface area contributed by atoms with Crippen LogP contribution in [-0.2, 0) is 6.54 Å². The standard InChI is InChI=1S/C25H22N2O4/c1-15-8-10-16(11-9-15)14-26-23-18-12-13-20(30-2)22(31-3)21(18)25(29)27(23)19-7-5-4-6-17(19)24(26)28/h4-13,23H,14H2,1-3H3. The molecule has 0 aliphatic carbocycles. The van der Waals surface area contributed by atoms with Crippen molar-refractivity contribution in [3.05, 3.63) is 88.5 Å². The molecule has 1 atom stereocenters. The van der Waals surface area contributed by atoms with Gasteiger partial charge in [-0.1, -0.05) is 48.0 Å². The first-order valence-corrected chi connectivity index (χ1v) is 10.1. The zero-order valence-electron chi connectivity index (χ0n) is 17.6. The second-order valence-corrected chi connectivity index (χ2v) is 7.75. The maximum Gasteiger partial charge on any atom is 0.264 e. The second-order valence-electron chi connectivity index (χ2n) is 7.75. The van der Waals surface area contributed by atoms with Gasteiger partial charge in [-0.2, -0.15) is 0 Å². The van der Waals surface area contributed by atoms with E-state index in [1.807, 2.05) is 55.5 Å². The minimum atomic E-state index is -0.550. The summed E-state index contributed by atoms with van der Waals surface area (Å²) in [5, 5.41) is 0. The fraction of sp³-hybridized carbons (Fsp3) is 0.200. The molecule has 6 heteroatoms. The van der Waals surface area contributed by atoms with Crippen LogP contribution in [0.1, 0.15) is 43.6 Å². The van der Waals surface area contributed by atoms with E-state index >= 15 is 0 Å². The molecule has 0 radical (unpaired) electrons. The minimum absolute atomic E-state index is 0.104. The van der Waals surface area contributed by atoms with Crippen LogP contribution in [0.4, 0.5) is 5.69 Å². The van der Waals surface area contributed by atoms with Gasteiger partial charge in [-0.15, -0.1) is 0 Å². The monoisotopic (exact) mass is 414 g/mol. The molecule has 0 spiro atoms. The highest BCUT2D eigenvalue weighted by Gasteiger charge is 2.49. The Labute approximate surface area is 180 Å². The highest BCUT2D eigenvalue weighted by molar-refractivity contribution is 6.18. The van der Waals surface area contributed by atoms with Gasteiger partial charge in [0.2, 0.25) is 0 Å². The number of rotatable bonds is 4. The molecule has 3 aromatic rings. The van der Waals surface area contributed by atoms with Crippen molar-refractivity contribution in [3.8, 4) is 11.5 Å². The van der Waals surface area contributed by atoms with Crippen molar-refractivity contribution in [2.75, 3.05) is 19.1 Å². The first kappa shape index (κ1) is 19.2. The smallest absolute Gasteiger partial charge is 0.264 e.